The molecular weight excluding hydrogens is 483 g/mol. The van der Waals surface area contributed by atoms with Gasteiger partial charge in [0.2, 0.25) is 5.91 Å². The van der Waals surface area contributed by atoms with E-state index < -0.39 is 41.2 Å². The van der Waals surface area contributed by atoms with Gasteiger partial charge in [0.05, 0.1) is 6.07 Å². The molecule has 3 aliphatic rings. The standard InChI is InChI=1S/C28H30F3N3O3/c1-28(2,3)37-27(36)34-21-10-8-18(9-11-21)25(34)26(35)33-20(15-32)12-16-4-6-17(7-5-16)19-13-22(29)24(31)23(30)14-19/h4-7,13-14,18,20-21,25H,8-12H2,1-3H3,(H,33,35)/t18?,20-,21?,25-/m0/s1. The molecule has 196 valence electrons. The Bertz CT molecular complexity index is 1190. The monoisotopic (exact) mass is 513 g/mol. The Labute approximate surface area is 214 Å². The van der Waals surface area contributed by atoms with Gasteiger partial charge in [-0.3, -0.25) is 9.69 Å². The zero-order valence-electron chi connectivity index (χ0n) is 21.1. The zero-order chi connectivity index (χ0) is 26.9. The summed E-state index contributed by atoms with van der Waals surface area (Å²) in [6.45, 7) is 5.34. The lowest BCUT2D eigenvalue weighted by Gasteiger charge is -2.50. The molecule has 1 saturated carbocycles. The molecule has 6 nitrogen and oxygen atoms in total. The van der Waals surface area contributed by atoms with Crippen LogP contribution in [0.1, 0.15) is 52.0 Å². The third-order valence-electron chi connectivity index (χ3n) is 6.94. The van der Waals surface area contributed by atoms with E-state index in [2.05, 4.69) is 11.4 Å². The number of fused-ring (bicyclic) bond motifs is 3. The number of amides is 2. The first-order chi connectivity index (χ1) is 17.5. The third kappa shape index (κ3) is 5.90. The van der Waals surface area contributed by atoms with Crippen LogP contribution >= 0.6 is 0 Å². The van der Waals surface area contributed by atoms with Gasteiger partial charge < -0.3 is 10.1 Å². The molecule has 2 aliphatic heterocycles. The van der Waals surface area contributed by atoms with Gasteiger partial charge in [0.15, 0.2) is 17.5 Å². The van der Waals surface area contributed by atoms with E-state index in [0.717, 1.165) is 37.8 Å². The molecule has 37 heavy (non-hydrogen) atoms. The van der Waals surface area contributed by atoms with E-state index in [1.54, 1.807) is 49.9 Å². The number of carbonyl (C=O) groups is 2. The molecule has 0 spiro atoms. The second-order valence-corrected chi connectivity index (χ2v) is 10.7. The quantitative estimate of drug-likeness (QED) is 0.536. The SMILES string of the molecule is CC(C)(C)OC(=O)N1C2CCC(CC2)[C@H]1C(=O)N[C@H](C#N)Cc1ccc(-c2cc(F)c(F)c(F)c2)cc1. The van der Waals surface area contributed by atoms with Gasteiger partial charge in [-0.1, -0.05) is 24.3 Å². The Morgan fingerprint density at radius 2 is 1.65 bits per heavy atom. The van der Waals surface area contributed by atoms with Crippen molar-refractivity contribution in [2.75, 3.05) is 0 Å². The van der Waals surface area contributed by atoms with E-state index in [9.17, 15) is 28.0 Å². The van der Waals surface area contributed by atoms with Crippen molar-refractivity contribution in [2.24, 2.45) is 5.92 Å². The van der Waals surface area contributed by atoms with Crippen molar-refractivity contribution >= 4 is 12.0 Å². The van der Waals surface area contributed by atoms with Gasteiger partial charge in [-0.05, 0) is 81.2 Å². The Morgan fingerprint density at radius 1 is 1.05 bits per heavy atom. The van der Waals surface area contributed by atoms with Crippen molar-refractivity contribution in [1.82, 2.24) is 10.2 Å². The van der Waals surface area contributed by atoms with Crippen molar-refractivity contribution in [1.29, 1.82) is 5.26 Å². The summed E-state index contributed by atoms with van der Waals surface area (Å²) < 4.78 is 46.0. The summed E-state index contributed by atoms with van der Waals surface area (Å²) in [4.78, 5) is 27.9. The van der Waals surface area contributed by atoms with Crippen molar-refractivity contribution in [3.63, 3.8) is 0 Å². The minimum absolute atomic E-state index is 0.00708. The van der Waals surface area contributed by atoms with Crippen LogP contribution in [0.3, 0.4) is 0 Å². The Balaban J connectivity index is 1.45. The van der Waals surface area contributed by atoms with Gasteiger partial charge in [0.25, 0.3) is 0 Å². The van der Waals surface area contributed by atoms with E-state index in [0.29, 0.717) is 11.1 Å². The summed E-state index contributed by atoms with van der Waals surface area (Å²) in [5.41, 5.74) is 0.683. The van der Waals surface area contributed by atoms with Gasteiger partial charge >= 0.3 is 6.09 Å². The number of carbonyl (C=O) groups excluding carboxylic acids is 2. The topological polar surface area (TPSA) is 82.4 Å². The van der Waals surface area contributed by atoms with Crippen LogP contribution in [0.25, 0.3) is 11.1 Å². The second kappa shape index (κ2) is 10.4. The van der Waals surface area contributed by atoms with Crippen LogP contribution in [0.2, 0.25) is 0 Å². The Hall–Kier alpha value is -3.54. The highest BCUT2D eigenvalue weighted by atomic mass is 19.2. The first kappa shape index (κ1) is 26.5. The Morgan fingerprint density at radius 3 is 2.19 bits per heavy atom. The molecule has 2 bridgehead atoms. The largest absolute Gasteiger partial charge is 0.444 e. The maximum Gasteiger partial charge on any atom is 0.411 e. The number of piperidine rings is 2. The first-order valence-electron chi connectivity index (χ1n) is 12.4. The number of nitrogens with zero attached hydrogens (tertiary/aromatic N) is 2. The van der Waals surface area contributed by atoms with Crippen molar-refractivity contribution < 1.29 is 27.5 Å². The molecule has 0 radical (unpaired) electrons. The molecule has 0 aromatic heterocycles. The maximum absolute atomic E-state index is 13.6. The molecule has 2 aromatic rings. The predicted molar refractivity (Wildman–Crippen MR) is 131 cm³/mol. The lowest BCUT2D eigenvalue weighted by atomic mass is 9.74. The molecule has 2 saturated heterocycles. The predicted octanol–water partition coefficient (Wildman–Crippen LogP) is 5.50. The van der Waals surface area contributed by atoms with E-state index in [1.807, 2.05) is 0 Å². The third-order valence-corrected chi connectivity index (χ3v) is 6.94. The molecule has 3 fully saturated rings. The number of nitrogens with one attached hydrogen (secondary N) is 1. The highest BCUT2D eigenvalue weighted by Crippen LogP contribution is 2.40. The van der Waals surface area contributed by atoms with Crippen LogP contribution in [0, 0.1) is 34.7 Å². The Kier molecular flexibility index (Phi) is 7.49. The summed E-state index contributed by atoms with van der Waals surface area (Å²) in [5.74, 6) is -4.44. The molecule has 2 aromatic carbocycles. The number of benzene rings is 2. The minimum Gasteiger partial charge on any atom is -0.444 e. The fraction of sp³-hybridized carbons (Fsp3) is 0.464. The van der Waals surface area contributed by atoms with Crippen molar-refractivity contribution in [3.05, 3.63) is 59.4 Å². The fourth-order valence-corrected chi connectivity index (χ4v) is 5.24. The van der Waals surface area contributed by atoms with Gasteiger partial charge in [-0.2, -0.15) is 5.26 Å². The van der Waals surface area contributed by atoms with Gasteiger partial charge in [0, 0.05) is 12.5 Å². The van der Waals surface area contributed by atoms with E-state index in [-0.39, 0.29) is 29.9 Å². The van der Waals surface area contributed by atoms with E-state index in [4.69, 9.17) is 4.74 Å². The number of nitriles is 1. The second-order valence-electron chi connectivity index (χ2n) is 10.7. The lowest BCUT2D eigenvalue weighted by molar-refractivity contribution is -0.135. The average molecular weight is 514 g/mol. The molecule has 9 heteroatoms. The van der Waals surface area contributed by atoms with Crippen LogP contribution < -0.4 is 5.32 Å². The van der Waals surface area contributed by atoms with Crippen LogP contribution in [0.4, 0.5) is 18.0 Å². The van der Waals surface area contributed by atoms with E-state index >= 15 is 0 Å². The lowest BCUT2D eigenvalue weighted by Crippen LogP contribution is -2.64. The van der Waals surface area contributed by atoms with Gasteiger partial charge in [0.1, 0.15) is 17.7 Å². The molecule has 2 heterocycles. The minimum atomic E-state index is -1.52. The fourth-order valence-electron chi connectivity index (χ4n) is 5.24. The smallest absolute Gasteiger partial charge is 0.411 e. The molecular formula is C28H30F3N3O3. The number of hydrogen-bond donors (Lipinski definition) is 1. The highest BCUT2D eigenvalue weighted by molar-refractivity contribution is 5.87. The summed E-state index contributed by atoms with van der Waals surface area (Å²) in [7, 11) is 0. The average Bonchev–Trinajstić information content (AvgIpc) is 2.86. The zero-order valence-corrected chi connectivity index (χ0v) is 21.1. The van der Waals surface area contributed by atoms with Crippen LogP contribution in [0.15, 0.2) is 36.4 Å². The molecule has 2 amide bonds. The first-order valence-corrected chi connectivity index (χ1v) is 12.4. The number of ether oxygens (including phenoxy) is 1. The van der Waals surface area contributed by atoms with Crippen LogP contribution in [-0.2, 0) is 16.0 Å². The number of halogens is 3. The normalized spacial score (nSPS) is 21.8. The molecule has 2 atom stereocenters. The van der Waals surface area contributed by atoms with E-state index in [1.165, 1.54) is 0 Å². The van der Waals surface area contributed by atoms with Crippen LogP contribution in [0.5, 0.6) is 0 Å². The highest BCUT2D eigenvalue weighted by Gasteiger charge is 2.49. The molecule has 5 rings (SSSR count). The summed E-state index contributed by atoms with van der Waals surface area (Å²) in [6.07, 6.45) is 3.01. The summed E-state index contributed by atoms with van der Waals surface area (Å²) >= 11 is 0. The summed E-state index contributed by atoms with van der Waals surface area (Å²) in [6, 6.07) is 8.93. The van der Waals surface area contributed by atoms with Crippen LogP contribution in [-0.4, -0.2) is 40.6 Å². The van der Waals surface area contributed by atoms with Gasteiger partial charge in [-0.15, -0.1) is 0 Å². The molecule has 0 unspecified atom stereocenters. The van der Waals surface area contributed by atoms with Gasteiger partial charge in [-0.25, -0.2) is 18.0 Å². The van der Waals surface area contributed by atoms with Crippen molar-refractivity contribution in [3.8, 4) is 17.2 Å². The number of hydrogen-bond acceptors (Lipinski definition) is 4. The molecule has 1 aliphatic carbocycles. The number of rotatable bonds is 5. The van der Waals surface area contributed by atoms with Crippen molar-refractivity contribution in [2.45, 2.75) is 76.6 Å². The summed E-state index contributed by atoms with van der Waals surface area (Å²) in [5, 5.41) is 12.5. The molecule has 1 N–H and O–H groups in total. The maximum atomic E-state index is 13.6.